The highest BCUT2D eigenvalue weighted by Crippen LogP contribution is 2.20. The van der Waals surface area contributed by atoms with Gasteiger partial charge in [-0.25, -0.2) is 4.98 Å². The Morgan fingerprint density at radius 1 is 1.56 bits per heavy atom. The Bertz CT molecular complexity index is 340. The van der Waals surface area contributed by atoms with Crippen LogP contribution in [0.2, 0.25) is 0 Å². The van der Waals surface area contributed by atoms with Crippen LogP contribution in [-0.2, 0) is 6.42 Å². The predicted octanol–water partition coefficient (Wildman–Crippen LogP) is 3.05. The van der Waals surface area contributed by atoms with Gasteiger partial charge in [0, 0.05) is 17.5 Å². The lowest BCUT2D eigenvalue weighted by Gasteiger charge is -2.10. The Hall–Kier alpha value is -0.920. The van der Waals surface area contributed by atoms with Gasteiger partial charge in [0.05, 0.1) is 12.1 Å². The smallest absolute Gasteiger partial charge is 0.109 e. The van der Waals surface area contributed by atoms with Crippen molar-refractivity contribution < 1.29 is 0 Å². The number of nitriles is 1. The van der Waals surface area contributed by atoms with Crippen molar-refractivity contribution in [2.75, 3.05) is 6.54 Å². The number of aryl methyl sites for hydroxylation is 1. The molecule has 3 nitrogen and oxygen atoms in total. The first-order valence-corrected chi connectivity index (χ1v) is 6.64. The van der Waals surface area contributed by atoms with E-state index in [2.05, 4.69) is 30.2 Å². The van der Waals surface area contributed by atoms with Gasteiger partial charge in [-0.15, -0.1) is 11.3 Å². The highest BCUT2D eigenvalue weighted by Gasteiger charge is 2.08. The molecule has 0 aliphatic carbocycles. The highest BCUT2D eigenvalue weighted by atomic mass is 32.1. The molecule has 1 N–H and O–H groups in total. The lowest BCUT2D eigenvalue weighted by molar-refractivity contribution is 0.547. The lowest BCUT2D eigenvalue weighted by Crippen LogP contribution is -2.19. The van der Waals surface area contributed by atoms with Gasteiger partial charge in [-0.2, -0.15) is 5.26 Å². The molecule has 88 valence electrons. The van der Waals surface area contributed by atoms with E-state index in [-0.39, 0.29) is 0 Å². The number of aromatic nitrogens is 1. The van der Waals surface area contributed by atoms with E-state index in [1.165, 1.54) is 4.88 Å². The minimum Gasteiger partial charge on any atom is -0.308 e. The zero-order chi connectivity index (χ0) is 11.8. The van der Waals surface area contributed by atoms with Gasteiger partial charge in [0.1, 0.15) is 5.01 Å². The van der Waals surface area contributed by atoms with Crippen molar-refractivity contribution in [3.8, 4) is 6.07 Å². The molecule has 1 heterocycles. The minimum atomic E-state index is 0.326. The van der Waals surface area contributed by atoms with Crippen LogP contribution in [0.4, 0.5) is 0 Å². The van der Waals surface area contributed by atoms with Gasteiger partial charge in [-0.05, 0) is 32.7 Å². The SMILES string of the molecule is CCc1cnc(C(C)NCCCCC#N)s1. The van der Waals surface area contributed by atoms with Crippen LogP contribution in [0.1, 0.15) is 49.0 Å². The third kappa shape index (κ3) is 4.30. The second-order valence-electron chi connectivity index (χ2n) is 3.81. The average Bonchev–Trinajstić information content (AvgIpc) is 2.77. The number of hydrogen-bond acceptors (Lipinski definition) is 4. The molecule has 0 fully saturated rings. The fraction of sp³-hybridized carbons (Fsp3) is 0.667. The summed E-state index contributed by atoms with van der Waals surface area (Å²) in [5.41, 5.74) is 0. The van der Waals surface area contributed by atoms with Crippen molar-refractivity contribution in [2.45, 2.75) is 45.6 Å². The van der Waals surface area contributed by atoms with Crippen molar-refractivity contribution in [1.82, 2.24) is 10.3 Å². The molecule has 1 unspecified atom stereocenters. The van der Waals surface area contributed by atoms with Crippen molar-refractivity contribution in [3.63, 3.8) is 0 Å². The molecule has 0 aliphatic heterocycles. The summed E-state index contributed by atoms with van der Waals surface area (Å²) in [4.78, 5) is 5.75. The van der Waals surface area contributed by atoms with E-state index in [9.17, 15) is 0 Å². The van der Waals surface area contributed by atoms with E-state index in [0.717, 1.165) is 30.8 Å². The monoisotopic (exact) mass is 237 g/mol. The summed E-state index contributed by atoms with van der Waals surface area (Å²) in [5.74, 6) is 0. The topological polar surface area (TPSA) is 48.7 Å². The van der Waals surface area contributed by atoms with Crippen molar-refractivity contribution >= 4 is 11.3 Å². The first-order chi connectivity index (χ1) is 7.77. The summed E-state index contributed by atoms with van der Waals surface area (Å²) >= 11 is 1.78. The third-order valence-electron chi connectivity index (χ3n) is 2.46. The summed E-state index contributed by atoms with van der Waals surface area (Å²) < 4.78 is 0. The third-order valence-corrected chi connectivity index (χ3v) is 3.78. The molecule has 0 aliphatic rings. The quantitative estimate of drug-likeness (QED) is 0.741. The molecule has 0 spiro atoms. The normalized spacial score (nSPS) is 12.3. The summed E-state index contributed by atoms with van der Waals surface area (Å²) in [6, 6.07) is 2.49. The molecule has 0 bridgehead atoms. The van der Waals surface area contributed by atoms with Gasteiger partial charge in [0.2, 0.25) is 0 Å². The number of thiazole rings is 1. The van der Waals surface area contributed by atoms with Crippen LogP contribution in [0.15, 0.2) is 6.20 Å². The molecular formula is C12H19N3S. The van der Waals surface area contributed by atoms with E-state index < -0.39 is 0 Å². The van der Waals surface area contributed by atoms with Gasteiger partial charge >= 0.3 is 0 Å². The number of nitrogens with one attached hydrogen (secondary N) is 1. The molecule has 1 rings (SSSR count). The van der Waals surface area contributed by atoms with E-state index in [1.807, 2.05) is 6.20 Å². The van der Waals surface area contributed by atoms with E-state index >= 15 is 0 Å². The van der Waals surface area contributed by atoms with Crippen molar-refractivity contribution in [3.05, 3.63) is 16.1 Å². The molecule has 4 heteroatoms. The van der Waals surface area contributed by atoms with Gasteiger partial charge in [-0.3, -0.25) is 0 Å². The molecule has 0 radical (unpaired) electrons. The summed E-state index contributed by atoms with van der Waals surface area (Å²) in [6.07, 6.45) is 5.73. The predicted molar refractivity (Wildman–Crippen MR) is 67.4 cm³/mol. The van der Waals surface area contributed by atoms with Gasteiger partial charge in [0.25, 0.3) is 0 Å². The number of rotatable bonds is 7. The van der Waals surface area contributed by atoms with Crippen molar-refractivity contribution in [1.29, 1.82) is 5.26 Å². The number of unbranched alkanes of at least 4 members (excludes halogenated alkanes) is 2. The minimum absolute atomic E-state index is 0.326. The molecule has 0 saturated carbocycles. The maximum Gasteiger partial charge on any atom is 0.109 e. The molecule has 1 aromatic rings. The van der Waals surface area contributed by atoms with E-state index in [4.69, 9.17) is 5.26 Å². The molecule has 16 heavy (non-hydrogen) atoms. The average molecular weight is 237 g/mol. The Balaban J connectivity index is 2.24. The zero-order valence-electron chi connectivity index (χ0n) is 9.99. The molecule has 0 aromatic carbocycles. The first-order valence-electron chi connectivity index (χ1n) is 5.82. The molecule has 1 atom stereocenters. The molecular weight excluding hydrogens is 218 g/mol. The number of hydrogen-bond donors (Lipinski definition) is 1. The Morgan fingerprint density at radius 3 is 3.00 bits per heavy atom. The standard InChI is InChI=1S/C12H19N3S/c1-3-11-9-15-12(16-11)10(2)14-8-6-4-5-7-13/h9-10,14H,3-6,8H2,1-2H3. The first kappa shape index (κ1) is 13.1. The van der Waals surface area contributed by atoms with Crippen LogP contribution in [0.3, 0.4) is 0 Å². The Kier molecular flexibility index (Phi) is 6.05. The zero-order valence-corrected chi connectivity index (χ0v) is 10.8. The van der Waals surface area contributed by atoms with Gasteiger partial charge in [-0.1, -0.05) is 6.92 Å². The molecule has 0 amide bonds. The largest absolute Gasteiger partial charge is 0.308 e. The maximum absolute atomic E-state index is 8.40. The van der Waals surface area contributed by atoms with Crippen LogP contribution < -0.4 is 5.32 Å². The van der Waals surface area contributed by atoms with E-state index in [0.29, 0.717) is 12.5 Å². The van der Waals surface area contributed by atoms with Crippen molar-refractivity contribution in [2.24, 2.45) is 0 Å². The van der Waals surface area contributed by atoms with Crippen LogP contribution in [0.5, 0.6) is 0 Å². The Labute approximate surface area is 102 Å². The van der Waals surface area contributed by atoms with Gasteiger partial charge in [0.15, 0.2) is 0 Å². The summed E-state index contributed by atoms with van der Waals surface area (Å²) in [6.45, 7) is 5.25. The molecule has 1 aromatic heterocycles. The fourth-order valence-electron chi connectivity index (χ4n) is 1.42. The fourth-order valence-corrected chi connectivity index (χ4v) is 2.31. The second-order valence-corrected chi connectivity index (χ2v) is 4.96. The van der Waals surface area contributed by atoms with Crippen LogP contribution in [-0.4, -0.2) is 11.5 Å². The summed E-state index contributed by atoms with van der Waals surface area (Å²) in [7, 11) is 0. The lowest BCUT2D eigenvalue weighted by atomic mass is 10.2. The highest BCUT2D eigenvalue weighted by molar-refractivity contribution is 7.11. The van der Waals surface area contributed by atoms with Gasteiger partial charge < -0.3 is 5.32 Å². The van der Waals surface area contributed by atoms with Crippen LogP contribution in [0.25, 0.3) is 0 Å². The van der Waals surface area contributed by atoms with Crippen LogP contribution in [0, 0.1) is 11.3 Å². The maximum atomic E-state index is 8.40. The Morgan fingerprint density at radius 2 is 2.38 bits per heavy atom. The molecule has 0 saturated heterocycles. The summed E-state index contributed by atoms with van der Waals surface area (Å²) in [5, 5.41) is 13.0. The second kappa shape index (κ2) is 7.37. The van der Waals surface area contributed by atoms with E-state index in [1.54, 1.807) is 11.3 Å². The number of nitrogens with zero attached hydrogens (tertiary/aromatic N) is 2. The van der Waals surface area contributed by atoms with Crippen LogP contribution >= 0.6 is 11.3 Å².